The summed E-state index contributed by atoms with van der Waals surface area (Å²) in [7, 11) is 1.78. The molecule has 17 heavy (non-hydrogen) atoms. The topological polar surface area (TPSA) is 67.2 Å². The first-order valence-corrected chi connectivity index (χ1v) is 6.89. The summed E-state index contributed by atoms with van der Waals surface area (Å²) in [6, 6.07) is 0.507. The van der Waals surface area contributed by atoms with Gasteiger partial charge in [-0.1, -0.05) is 0 Å². The maximum Gasteiger partial charge on any atom is 0.339 e. The smallest absolute Gasteiger partial charge is 0.339 e. The van der Waals surface area contributed by atoms with Gasteiger partial charge in [-0.05, 0) is 24.3 Å². The molecule has 94 valence electrons. The standard InChI is InChI=1S/C11H17N3O2S/c1-14-10(9(6-13-14)11(15)16)7-12-8-2-4-17-5-3-8/h6,8,12H,2-5,7H2,1H3,(H,15,16). The summed E-state index contributed by atoms with van der Waals surface area (Å²) in [6.07, 6.45) is 3.73. The minimum Gasteiger partial charge on any atom is -0.478 e. The van der Waals surface area contributed by atoms with Crippen molar-refractivity contribution in [3.05, 3.63) is 17.5 Å². The van der Waals surface area contributed by atoms with Gasteiger partial charge >= 0.3 is 5.97 Å². The van der Waals surface area contributed by atoms with Crippen molar-refractivity contribution in [1.29, 1.82) is 0 Å². The molecule has 0 aromatic carbocycles. The number of hydrogen-bond donors (Lipinski definition) is 2. The minimum atomic E-state index is -0.908. The Bertz CT molecular complexity index is 399. The van der Waals surface area contributed by atoms with Gasteiger partial charge in [0.15, 0.2) is 0 Å². The number of rotatable bonds is 4. The van der Waals surface area contributed by atoms with E-state index in [1.54, 1.807) is 11.7 Å². The molecule has 0 unspecified atom stereocenters. The number of aryl methyl sites for hydroxylation is 1. The Hall–Kier alpha value is -1.01. The van der Waals surface area contributed by atoms with Crippen LogP contribution in [-0.4, -0.2) is 38.4 Å². The van der Waals surface area contributed by atoms with Crippen molar-refractivity contribution < 1.29 is 9.90 Å². The maximum atomic E-state index is 11.0. The molecule has 6 heteroatoms. The number of nitrogens with one attached hydrogen (secondary N) is 1. The average molecular weight is 255 g/mol. The summed E-state index contributed by atoms with van der Waals surface area (Å²) in [4.78, 5) is 11.0. The molecule has 1 aromatic rings. The van der Waals surface area contributed by atoms with Crippen LogP contribution in [0.25, 0.3) is 0 Å². The molecule has 5 nitrogen and oxygen atoms in total. The normalized spacial score (nSPS) is 17.2. The summed E-state index contributed by atoms with van der Waals surface area (Å²) >= 11 is 1.98. The lowest BCUT2D eigenvalue weighted by atomic mass is 10.1. The third-order valence-electron chi connectivity index (χ3n) is 3.07. The highest BCUT2D eigenvalue weighted by Gasteiger charge is 2.17. The van der Waals surface area contributed by atoms with Crippen LogP contribution in [-0.2, 0) is 13.6 Å². The first kappa shape index (κ1) is 12.4. The average Bonchev–Trinajstić information content (AvgIpc) is 2.69. The zero-order chi connectivity index (χ0) is 12.3. The quantitative estimate of drug-likeness (QED) is 0.843. The number of thioether (sulfide) groups is 1. The summed E-state index contributed by atoms with van der Waals surface area (Å²) in [6.45, 7) is 0.577. The van der Waals surface area contributed by atoms with Gasteiger partial charge in [-0.2, -0.15) is 16.9 Å². The SMILES string of the molecule is Cn1ncc(C(=O)O)c1CNC1CCSCC1. The first-order chi connectivity index (χ1) is 8.18. The molecule has 0 aliphatic carbocycles. The van der Waals surface area contributed by atoms with Crippen molar-refractivity contribution in [2.24, 2.45) is 7.05 Å². The Labute approximate surface area is 105 Å². The monoisotopic (exact) mass is 255 g/mol. The number of aromatic carboxylic acids is 1. The lowest BCUT2D eigenvalue weighted by Crippen LogP contribution is -2.33. The second-order valence-electron chi connectivity index (χ2n) is 4.20. The molecule has 2 rings (SSSR count). The number of nitrogens with zero attached hydrogens (tertiary/aromatic N) is 2. The summed E-state index contributed by atoms with van der Waals surface area (Å²) in [5.41, 5.74) is 1.04. The second kappa shape index (κ2) is 5.55. The summed E-state index contributed by atoms with van der Waals surface area (Å²) in [5.74, 6) is 1.47. The zero-order valence-electron chi connectivity index (χ0n) is 9.85. The fraction of sp³-hybridized carbons (Fsp3) is 0.636. The molecular formula is C11H17N3O2S. The van der Waals surface area contributed by atoms with Crippen LogP contribution in [0.3, 0.4) is 0 Å². The second-order valence-corrected chi connectivity index (χ2v) is 5.43. The molecular weight excluding hydrogens is 238 g/mol. The molecule has 0 saturated carbocycles. The Balaban J connectivity index is 1.97. The molecule has 0 spiro atoms. The molecule has 2 N–H and O–H groups in total. The number of hydrogen-bond acceptors (Lipinski definition) is 4. The maximum absolute atomic E-state index is 11.0. The van der Waals surface area contributed by atoms with Gasteiger partial charge in [0, 0.05) is 19.6 Å². The predicted octanol–water partition coefficient (Wildman–Crippen LogP) is 1.10. The van der Waals surface area contributed by atoms with E-state index in [1.165, 1.54) is 17.7 Å². The Morgan fingerprint density at radius 2 is 2.35 bits per heavy atom. The van der Waals surface area contributed by atoms with E-state index in [0.29, 0.717) is 18.2 Å². The van der Waals surface area contributed by atoms with Crippen LogP contribution in [0, 0.1) is 0 Å². The van der Waals surface area contributed by atoms with Crippen LogP contribution in [0.4, 0.5) is 0 Å². The van der Waals surface area contributed by atoms with Gasteiger partial charge in [0.05, 0.1) is 11.9 Å². The van der Waals surface area contributed by atoms with Gasteiger partial charge in [-0.3, -0.25) is 4.68 Å². The van der Waals surface area contributed by atoms with Gasteiger partial charge in [-0.25, -0.2) is 4.79 Å². The Morgan fingerprint density at radius 1 is 1.65 bits per heavy atom. The number of carboxylic acids is 1. The molecule has 2 heterocycles. The molecule has 1 aliphatic heterocycles. The fourth-order valence-corrected chi connectivity index (χ4v) is 3.10. The van der Waals surface area contributed by atoms with E-state index < -0.39 is 5.97 Å². The lowest BCUT2D eigenvalue weighted by molar-refractivity contribution is 0.0695. The number of carboxylic acid groups (broad SMARTS) is 1. The molecule has 0 bridgehead atoms. The van der Waals surface area contributed by atoms with Crippen molar-refractivity contribution in [1.82, 2.24) is 15.1 Å². The van der Waals surface area contributed by atoms with Gasteiger partial charge in [0.1, 0.15) is 5.56 Å². The van der Waals surface area contributed by atoms with Crippen molar-refractivity contribution >= 4 is 17.7 Å². The summed E-state index contributed by atoms with van der Waals surface area (Å²) < 4.78 is 1.63. The van der Waals surface area contributed by atoms with E-state index in [0.717, 1.165) is 18.5 Å². The third kappa shape index (κ3) is 3.01. The fourth-order valence-electron chi connectivity index (χ4n) is 1.99. The largest absolute Gasteiger partial charge is 0.478 e. The van der Waals surface area contributed by atoms with Crippen LogP contribution in [0.2, 0.25) is 0 Å². The predicted molar refractivity (Wildman–Crippen MR) is 67.4 cm³/mol. The van der Waals surface area contributed by atoms with Crippen LogP contribution in [0.15, 0.2) is 6.20 Å². The molecule has 1 aliphatic rings. The minimum absolute atomic E-state index is 0.296. The van der Waals surface area contributed by atoms with Crippen LogP contribution >= 0.6 is 11.8 Å². The van der Waals surface area contributed by atoms with Gasteiger partial charge in [0.2, 0.25) is 0 Å². The van der Waals surface area contributed by atoms with Gasteiger partial charge < -0.3 is 10.4 Å². The molecule has 0 atom stereocenters. The van der Waals surface area contributed by atoms with E-state index in [2.05, 4.69) is 10.4 Å². The van der Waals surface area contributed by atoms with E-state index in [4.69, 9.17) is 5.11 Å². The number of aromatic nitrogens is 2. The highest BCUT2D eigenvalue weighted by Crippen LogP contribution is 2.17. The zero-order valence-corrected chi connectivity index (χ0v) is 10.7. The van der Waals surface area contributed by atoms with Crippen molar-refractivity contribution in [3.8, 4) is 0 Å². The molecule has 0 radical (unpaired) electrons. The molecule has 0 amide bonds. The van der Waals surface area contributed by atoms with Crippen LogP contribution in [0.5, 0.6) is 0 Å². The van der Waals surface area contributed by atoms with Crippen molar-refractivity contribution in [2.45, 2.75) is 25.4 Å². The Kier molecular flexibility index (Phi) is 4.06. The van der Waals surface area contributed by atoms with Crippen molar-refractivity contribution in [3.63, 3.8) is 0 Å². The lowest BCUT2D eigenvalue weighted by Gasteiger charge is -2.22. The number of carbonyl (C=O) groups is 1. The van der Waals surface area contributed by atoms with Crippen molar-refractivity contribution in [2.75, 3.05) is 11.5 Å². The highest BCUT2D eigenvalue weighted by molar-refractivity contribution is 7.99. The molecule has 1 aromatic heterocycles. The van der Waals surface area contributed by atoms with E-state index in [1.807, 2.05) is 11.8 Å². The van der Waals surface area contributed by atoms with E-state index in [-0.39, 0.29) is 0 Å². The summed E-state index contributed by atoms with van der Waals surface area (Å²) in [5, 5.41) is 16.4. The molecule has 1 saturated heterocycles. The third-order valence-corrected chi connectivity index (χ3v) is 4.12. The molecule has 1 fully saturated rings. The first-order valence-electron chi connectivity index (χ1n) is 5.74. The van der Waals surface area contributed by atoms with E-state index >= 15 is 0 Å². The Morgan fingerprint density at radius 3 is 3.00 bits per heavy atom. The van der Waals surface area contributed by atoms with Gasteiger partial charge in [-0.15, -0.1) is 0 Å². The van der Waals surface area contributed by atoms with Crippen LogP contribution in [0.1, 0.15) is 28.9 Å². The van der Waals surface area contributed by atoms with Crippen LogP contribution < -0.4 is 5.32 Å². The van der Waals surface area contributed by atoms with Gasteiger partial charge in [0.25, 0.3) is 0 Å². The van der Waals surface area contributed by atoms with E-state index in [9.17, 15) is 4.79 Å². The highest BCUT2D eigenvalue weighted by atomic mass is 32.2.